The summed E-state index contributed by atoms with van der Waals surface area (Å²) in [6.45, 7) is 3.23. The van der Waals surface area contributed by atoms with Crippen molar-refractivity contribution in [3.8, 4) is 6.07 Å². The lowest BCUT2D eigenvalue weighted by Gasteiger charge is -2.41. The second-order valence-corrected chi connectivity index (χ2v) is 9.03. The van der Waals surface area contributed by atoms with Gasteiger partial charge < -0.3 is 18.8 Å². The van der Waals surface area contributed by atoms with Gasteiger partial charge in [0, 0.05) is 25.5 Å². The van der Waals surface area contributed by atoms with Crippen LogP contribution in [0.4, 0.5) is 16.1 Å². The summed E-state index contributed by atoms with van der Waals surface area (Å²) < 4.78 is 21.7. The van der Waals surface area contributed by atoms with Crippen molar-refractivity contribution in [2.45, 2.75) is 31.8 Å². The van der Waals surface area contributed by atoms with E-state index in [0.717, 1.165) is 29.5 Å². The third kappa shape index (κ3) is 2.92. The van der Waals surface area contributed by atoms with E-state index in [1.807, 2.05) is 25.1 Å². The van der Waals surface area contributed by atoms with Crippen molar-refractivity contribution < 1.29 is 8.81 Å². The fourth-order valence-electron chi connectivity index (χ4n) is 5.47. The molecular weight excluding hydrogens is 421 g/mol. The number of fused-ring (bicyclic) bond motifs is 4. The Morgan fingerprint density at radius 1 is 1.15 bits per heavy atom. The van der Waals surface area contributed by atoms with Crippen LogP contribution in [0.3, 0.4) is 0 Å². The van der Waals surface area contributed by atoms with Crippen molar-refractivity contribution in [2.75, 3.05) is 22.9 Å². The zero-order valence-electron chi connectivity index (χ0n) is 18.4. The minimum absolute atomic E-state index is 0.0563. The van der Waals surface area contributed by atoms with Gasteiger partial charge in [0.1, 0.15) is 23.0 Å². The minimum Gasteiger partial charge on any atom is -0.423 e. The number of hydrogen-bond donors (Lipinski definition) is 0. The van der Waals surface area contributed by atoms with Gasteiger partial charge in [0.05, 0.1) is 23.3 Å². The van der Waals surface area contributed by atoms with Gasteiger partial charge in [-0.05, 0) is 55.7 Å². The topological polar surface area (TPSA) is 78.3 Å². The number of benzene rings is 2. The van der Waals surface area contributed by atoms with Crippen LogP contribution < -0.4 is 15.4 Å². The van der Waals surface area contributed by atoms with Gasteiger partial charge in [-0.1, -0.05) is 6.07 Å². The van der Waals surface area contributed by atoms with Crippen molar-refractivity contribution in [1.29, 1.82) is 5.26 Å². The average molecular weight is 443 g/mol. The van der Waals surface area contributed by atoms with Gasteiger partial charge >= 0.3 is 0 Å². The zero-order valence-corrected chi connectivity index (χ0v) is 18.4. The number of oxazole rings is 1. The van der Waals surface area contributed by atoms with Crippen molar-refractivity contribution in [1.82, 2.24) is 9.55 Å². The fourth-order valence-corrected chi connectivity index (χ4v) is 5.47. The molecule has 2 atom stereocenters. The lowest BCUT2D eigenvalue weighted by molar-refractivity contribution is 0.474. The molecule has 33 heavy (non-hydrogen) atoms. The Morgan fingerprint density at radius 2 is 1.91 bits per heavy atom. The molecule has 0 amide bonds. The number of rotatable bonds is 2. The Labute approximate surface area is 189 Å². The molecule has 2 unspecified atom stereocenters. The van der Waals surface area contributed by atoms with Crippen molar-refractivity contribution >= 4 is 33.7 Å². The van der Waals surface area contributed by atoms with E-state index in [-0.39, 0.29) is 23.2 Å². The first-order chi connectivity index (χ1) is 15.9. The summed E-state index contributed by atoms with van der Waals surface area (Å²) in [6, 6.07) is 13.3. The summed E-state index contributed by atoms with van der Waals surface area (Å²) in [7, 11) is 1.61. The summed E-state index contributed by atoms with van der Waals surface area (Å²) in [5, 5.41) is 10.4. The maximum absolute atomic E-state index is 14.2. The molecule has 2 bridgehead atoms. The first kappa shape index (κ1) is 19.8. The number of aromatic nitrogens is 2. The van der Waals surface area contributed by atoms with Crippen LogP contribution in [0.25, 0.3) is 22.0 Å². The Balaban J connectivity index is 1.43. The van der Waals surface area contributed by atoms with Crippen LogP contribution in [0.15, 0.2) is 45.6 Å². The molecule has 8 heteroatoms. The van der Waals surface area contributed by atoms with Gasteiger partial charge in [-0.15, -0.1) is 0 Å². The lowest BCUT2D eigenvalue weighted by atomic mass is 10.0. The van der Waals surface area contributed by atoms with E-state index in [1.165, 1.54) is 16.7 Å². The van der Waals surface area contributed by atoms with Gasteiger partial charge in [0.15, 0.2) is 5.58 Å². The van der Waals surface area contributed by atoms with Crippen LogP contribution in [0, 0.1) is 24.1 Å². The molecule has 0 radical (unpaired) electrons. The zero-order chi connectivity index (χ0) is 22.9. The largest absolute Gasteiger partial charge is 0.423 e. The van der Waals surface area contributed by atoms with Crippen molar-refractivity contribution in [3.05, 3.63) is 63.7 Å². The minimum atomic E-state index is -0.394. The third-order valence-corrected chi connectivity index (χ3v) is 6.99. The van der Waals surface area contributed by atoms with E-state index in [2.05, 4.69) is 15.9 Å². The molecule has 0 saturated carbocycles. The molecule has 2 aliphatic rings. The lowest BCUT2D eigenvalue weighted by Crippen LogP contribution is -2.54. The van der Waals surface area contributed by atoms with Crippen LogP contribution in [0.2, 0.25) is 0 Å². The molecule has 2 fully saturated rings. The van der Waals surface area contributed by atoms with Crippen LogP contribution in [-0.2, 0) is 7.05 Å². The summed E-state index contributed by atoms with van der Waals surface area (Å²) in [5.74, 6) is -0.394. The molecule has 0 aliphatic carbocycles. The fraction of sp³-hybridized carbons (Fsp3) is 0.320. The molecule has 166 valence electrons. The number of anilines is 2. The van der Waals surface area contributed by atoms with Gasteiger partial charge in [0.25, 0.3) is 11.6 Å². The highest BCUT2D eigenvalue weighted by molar-refractivity contribution is 5.95. The van der Waals surface area contributed by atoms with Gasteiger partial charge in [-0.2, -0.15) is 10.2 Å². The number of hydrogen-bond acceptors (Lipinski definition) is 6. The highest BCUT2D eigenvalue weighted by Gasteiger charge is 2.43. The maximum Gasteiger partial charge on any atom is 0.299 e. The first-order valence-electron chi connectivity index (χ1n) is 11.1. The standard InChI is InChI=1S/C25H22FN5O2/c1-14-3-8-22-20(9-14)28-25(33-22)31-16-5-6-17(31)13-30(12-16)23-18-10-15(26)4-7-21(18)29(2)24(32)19(23)11-27/h3-4,7-10,16-17H,5-6,12-13H2,1-2H3. The second-order valence-electron chi connectivity index (χ2n) is 9.03. The molecule has 2 aromatic heterocycles. The SMILES string of the molecule is Cc1ccc2oc(N3C4CCC3CN(c3c(C#N)c(=O)n(C)c5ccc(F)cc35)C4)nc2c1. The van der Waals surface area contributed by atoms with Crippen LogP contribution >= 0.6 is 0 Å². The normalized spacial score (nSPS) is 20.1. The van der Waals surface area contributed by atoms with Gasteiger partial charge in [-0.3, -0.25) is 4.79 Å². The molecule has 6 rings (SSSR count). The average Bonchev–Trinajstić information content (AvgIpc) is 3.32. The predicted molar refractivity (Wildman–Crippen MR) is 124 cm³/mol. The molecular formula is C25H22FN5O2. The number of halogens is 1. The summed E-state index contributed by atoms with van der Waals surface area (Å²) in [4.78, 5) is 22.0. The molecule has 0 spiro atoms. The quantitative estimate of drug-likeness (QED) is 0.468. The Kier molecular flexibility index (Phi) is 4.24. The predicted octanol–water partition coefficient (Wildman–Crippen LogP) is 3.86. The molecule has 4 aromatic rings. The van der Waals surface area contributed by atoms with Gasteiger partial charge in [0.2, 0.25) is 0 Å². The summed E-state index contributed by atoms with van der Waals surface area (Å²) in [5.41, 5.74) is 3.56. The van der Waals surface area contributed by atoms with Crippen molar-refractivity contribution in [2.24, 2.45) is 7.05 Å². The number of piperazine rings is 1. The van der Waals surface area contributed by atoms with E-state index in [1.54, 1.807) is 13.1 Å². The van der Waals surface area contributed by atoms with Crippen LogP contribution in [0.1, 0.15) is 24.0 Å². The second kappa shape index (κ2) is 7.07. The Bertz CT molecular complexity index is 1520. The molecule has 4 heterocycles. The smallest absolute Gasteiger partial charge is 0.299 e. The van der Waals surface area contributed by atoms with Crippen LogP contribution in [-0.4, -0.2) is 34.7 Å². The molecule has 2 saturated heterocycles. The van der Waals surface area contributed by atoms with E-state index in [4.69, 9.17) is 9.40 Å². The van der Waals surface area contributed by atoms with E-state index in [0.29, 0.717) is 35.7 Å². The van der Waals surface area contributed by atoms with Gasteiger partial charge in [-0.25, -0.2) is 4.39 Å². The number of nitriles is 1. The van der Waals surface area contributed by atoms with Crippen molar-refractivity contribution in [3.63, 3.8) is 0 Å². The highest BCUT2D eigenvalue weighted by Crippen LogP contribution is 2.39. The Morgan fingerprint density at radius 3 is 2.64 bits per heavy atom. The Hall–Kier alpha value is -3.86. The number of nitrogens with zero attached hydrogens (tertiary/aromatic N) is 5. The molecule has 0 N–H and O–H groups in total. The molecule has 2 aromatic carbocycles. The first-order valence-corrected chi connectivity index (χ1v) is 11.1. The van der Waals surface area contributed by atoms with E-state index >= 15 is 0 Å². The molecule has 2 aliphatic heterocycles. The monoisotopic (exact) mass is 443 g/mol. The van der Waals surface area contributed by atoms with E-state index in [9.17, 15) is 14.4 Å². The van der Waals surface area contributed by atoms with Crippen LogP contribution in [0.5, 0.6) is 0 Å². The summed E-state index contributed by atoms with van der Waals surface area (Å²) in [6.07, 6.45) is 1.91. The van der Waals surface area contributed by atoms with E-state index < -0.39 is 5.82 Å². The number of pyridine rings is 1. The maximum atomic E-state index is 14.2. The number of aryl methyl sites for hydroxylation is 2. The third-order valence-electron chi connectivity index (χ3n) is 6.99. The highest BCUT2D eigenvalue weighted by atomic mass is 19.1. The molecule has 7 nitrogen and oxygen atoms in total. The summed E-state index contributed by atoms with van der Waals surface area (Å²) >= 11 is 0.